The molecular formula is C58H90O29S. The minimum absolute atomic E-state index is 0.0292. The molecule has 88 heavy (non-hydrogen) atoms. The summed E-state index contributed by atoms with van der Waals surface area (Å²) in [5, 5.41) is 131. The molecule has 10 aliphatic rings. The van der Waals surface area contributed by atoms with Crippen LogP contribution in [-0.2, 0) is 76.3 Å². The number of aliphatic hydroxyl groups excluding tert-OH is 12. The maximum Gasteiger partial charge on any atom is 0.397 e. The molecule has 10 rings (SSSR count). The molecule has 0 aromatic heterocycles. The van der Waals surface area contributed by atoms with Crippen LogP contribution < -0.4 is 0 Å². The lowest BCUT2D eigenvalue weighted by Crippen LogP contribution is -2.68. The van der Waals surface area contributed by atoms with Crippen LogP contribution in [0.3, 0.4) is 0 Å². The summed E-state index contributed by atoms with van der Waals surface area (Å²) < 4.78 is 106. The predicted molar refractivity (Wildman–Crippen MR) is 293 cm³/mol. The highest BCUT2D eigenvalue weighted by atomic mass is 32.3. The number of Topliss-reactive ketones (excluding diaryl/α,β-unsaturated/α-hetero) is 1. The second-order valence-electron chi connectivity index (χ2n) is 27.4. The summed E-state index contributed by atoms with van der Waals surface area (Å²) in [6, 6.07) is 0. The normalized spacial score (nSPS) is 51.1. The number of aliphatic hydroxyl groups is 12. The summed E-state index contributed by atoms with van der Waals surface area (Å²) in [6.45, 7) is 14.5. The van der Waals surface area contributed by atoms with E-state index in [0.29, 0.717) is 38.5 Å². The van der Waals surface area contributed by atoms with E-state index >= 15 is 0 Å². The zero-order valence-corrected chi connectivity index (χ0v) is 51.1. The van der Waals surface area contributed by atoms with Gasteiger partial charge in [-0.15, -0.1) is 6.58 Å². The topological polar surface area (TPSA) is 442 Å². The molecule has 0 amide bonds. The predicted octanol–water partition coefficient (Wildman–Crippen LogP) is -2.57. The monoisotopic (exact) mass is 1280 g/mol. The molecule has 0 unspecified atom stereocenters. The first-order chi connectivity index (χ1) is 41.2. The Labute approximate surface area is 509 Å². The van der Waals surface area contributed by atoms with Gasteiger partial charge in [-0.1, -0.05) is 44.9 Å². The molecule has 0 aromatic rings. The molecule has 30 heteroatoms. The summed E-state index contributed by atoms with van der Waals surface area (Å²) in [5.74, 6) is -1.000. The molecule has 502 valence electrons. The Morgan fingerprint density at radius 3 is 1.93 bits per heavy atom. The molecule has 1 spiro atoms. The number of fused-ring (bicyclic) bond motifs is 4. The van der Waals surface area contributed by atoms with Gasteiger partial charge >= 0.3 is 16.4 Å². The van der Waals surface area contributed by atoms with Gasteiger partial charge in [-0.3, -0.25) is 14.1 Å². The van der Waals surface area contributed by atoms with Crippen molar-refractivity contribution in [3.63, 3.8) is 0 Å². The Bertz CT molecular complexity index is 2680. The van der Waals surface area contributed by atoms with Crippen molar-refractivity contribution in [1.29, 1.82) is 0 Å². The number of carbonyl (C=O) groups is 2. The lowest BCUT2D eigenvalue weighted by atomic mass is 9.41. The van der Waals surface area contributed by atoms with E-state index in [9.17, 15) is 83.8 Å². The quantitative estimate of drug-likeness (QED) is 0.0381. The second kappa shape index (κ2) is 25.4. The molecule has 29 nitrogen and oxygen atoms in total. The van der Waals surface area contributed by atoms with E-state index in [2.05, 4.69) is 26.5 Å². The smallest absolute Gasteiger partial charge is 0.397 e. The van der Waals surface area contributed by atoms with Gasteiger partial charge < -0.3 is 113 Å². The standard InChI is InChI=1S/C58H90O29S/c1-23(2)10-9-15-57(8)47-27(61)18-56(7)26-11-12-32-54(4,5)33(14-16-55(32,6)25(26)13-17-58(47,56)53(72)86-57)81-51-45(37(66)31(22-77-51)87-88(73,74)75)85-52-46(84-48-39(68)34(63)28(62)21-76-48)41(70)43(24(3)78-52)82-50-42(71)44(36(65)30(20-60)80-50)83-49-40(69)38(67)35(64)29(19-59)79-49/h11,24-25,28-52,59-60,62-71H,1,9-10,12-22H2,2-8H3,(H,73,74,75)/t24-,25-,28-,29-,30-,31-,32+,33+,34+,35-,36-,37+,38+,39-,40-,41+,42-,43-,44+,45-,46-,47-,48+,49+,50+,51+,52+,55-,56+,57+,58-/m1/s1. The highest BCUT2D eigenvalue weighted by Crippen LogP contribution is 2.75. The Morgan fingerprint density at radius 2 is 1.27 bits per heavy atom. The minimum Gasteiger partial charge on any atom is -0.458 e. The highest BCUT2D eigenvalue weighted by Gasteiger charge is 2.79. The van der Waals surface area contributed by atoms with Crippen molar-refractivity contribution in [2.24, 2.45) is 39.4 Å². The number of hydrogen-bond acceptors (Lipinski definition) is 28. The summed E-state index contributed by atoms with van der Waals surface area (Å²) in [5.41, 5.74) is -1.76. The number of ketones is 1. The molecular weight excluding hydrogens is 1190 g/mol. The fraction of sp³-hybridized carbons (Fsp3) is 0.897. The minimum atomic E-state index is -5.28. The average molecular weight is 1280 g/mol. The third-order valence-corrected chi connectivity index (χ3v) is 22.1. The van der Waals surface area contributed by atoms with Crippen molar-refractivity contribution in [2.45, 2.75) is 259 Å². The molecule has 9 fully saturated rings. The first kappa shape index (κ1) is 68.5. The number of allylic oxidation sites excluding steroid dienone is 3. The van der Waals surface area contributed by atoms with Crippen LogP contribution in [0.4, 0.5) is 0 Å². The van der Waals surface area contributed by atoms with Gasteiger partial charge in [0.1, 0.15) is 115 Å². The zero-order chi connectivity index (χ0) is 64.3. The molecule has 4 aliphatic carbocycles. The number of rotatable bonds is 18. The van der Waals surface area contributed by atoms with E-state index in [-0.39, 0.29) is 35.4 Å². The van der Waals surface area contributed by atoms with Crippen molar-refractivity contribution < 1.29 is 140 Å². The second-order valence-corrected chi connectivity index (χ2v) is 28.5. The van der Waals surface area contributed by atoms with E-state index in [4.69, 9.17) is 56.3 Å². The Balaban J connectivity index is 0.908. The molecule has 6 heterocycles. The van der Waals surface area contributed by atoms with Gasteiger partial charge in [-0.25, -0.2) is 4.18 Å². The van der Waals surface area contributed by atoms with Crippen molar-refractivity contribution in [2.75, 3.05) is 26.4 Å². The number of hydrogen-bond donors (Lipinski definition) is 13. The summed E-state index contributed by atoms with van der Waals surface area (Å²) >= 11 is 0. The largest absolute Gasteiger partial charge is 0.458 e. The van der Waals surface area contributed by atoms with Gasteiger partial charge in [0.2, 0.25) is 0 Å². The number of carbonyl (C=O) groups excluding carboxylic acids is 2. The summed E-state index contributed by atoms with van der Waals surface area (Å²) in [7, 11) is -5.28. The van der Waals surface area contributed by atoms with Crippen LogP contribution in [0, 0.1) is 39.4 Å². The maximum absolute atomic E-state index is 14.5. The first-order valence-electron chi connectivity index (χ1n) is 30.4. The van der Waals surface area contributed by atoms with Crippen LogP contribution in [0.1, 0.15) is 106 Å². The molecule has 6 saturated heterocycles. The SMILES string of the molecule is C=C(C)CCC[C@]1(C)OC(=O)[C@]23CC[C@@H]4C(=CC[C@H]5C(C)(C)[C@@H](O[C@@H]6OC[C@@H](OS(=O)(=O)O)[C@H](O)[C@H]6O[C@@H]6O[C@H](C)[C@@H](O[C@@H]7O[C@H](CO)[C@@H](O)[C@H](O[C@@H]8O[C@H](CO)[C@@H](O)[C@H](O)[C@H]8O)[C@H]7O)[C@H](O)[C@H]6O[C@@H]6OC[C@@H](O)[C@H](O)[C@H]6O)CC[C@]45C)[C@]2(C)CC(=O)[C@@H]31. The Morgan fingerprint density at radius 1 is 0.670 bits per heavy atom. The van der Waals surface area contributed by atoms with E-state index < -0.39 is 212 Å². The summed E-state index contributed by atoms with van der Waals surface area (Å²) in [4.78, 5) is 28.9. The van der Waals surface area contributed by atoms with E-state index in [1.807, 2.05) is 27.7 Å². The van der Waals surface area contributed by atoms with Crippen molar-refractivity contribution in [1.82, 2.24) is 0 Å². The van der Waals surface area contributed by atoms with Gasteiger partial charge in [-0.05, 0) is 94.8 Å². The zero-order valence-electron chi connectivity index (χ0n) is 50.3. The third-order valence-electron chi connectivity index (χ3n) is 21.6. The Kier molecular flexibility index (Phi) is 19.8. The lowest BCUT2D eigenvalue weighted by Gasteiger charge is -2.63. The van der Waals surface area contributed by atoms with Crippen molar-refractivity contribution >= 4 is 22.2 Å². The fourth-order valence-electron chi connectivity index (χ4n) is 17.0. The number of ether oxygens (including phenoxy) is 11. The van der Waals surface area contributed by atoms with Crippen LogP contribution in [0.5, 0.6) is 0 Å². The molecule has 31 atom stereocenters. The summed E-state index contributed by atoms with van der Waals surface area (Å²) in [6.07, 6.45) is -36.1. The van der Waals surface area contributed by atoms with E-state index in [1.54, 1.807) is 0 Å². The molecule has 6 aliphatic heterocycles. The first-order valence-corrected chi connectivity index (χ1v) is 31.8. The number of esters is 1. The van der Waals surface area contributed by atoms with Gasteiger partial charge in [0.15, 0.2) is 31.5 Å². The fourth-order valence-corrected chi connectivity index (χ4v) is 17.5. The highest BCUT2D eigenvalue weighted by molar-refractivity contribution is 7.80. The van der Waals surface area contributed by atoms with Gasteiger partial charge in [-0.2, -0.15) is 8.42 Å². The van der Waals surface area contributed by atoms with Crippen LogP contribution >= 0.6 is 0 Å². The Hall–Kier alpha value is -2.39. The molecule has 0 radical (unpaired) electrons. The van der Waals surface area contributed by atoms with Crippen LogP contribution in [0.15, 0.2) is 23.8 Å². The van der Waals surface area contributed by atoms with Crippen molar-refractivity contribution in [3.05, 3.63) is 23.8 Å². The van der Waals surface area contributed by atoms with E-state index in [0.717, 1.165) is 24.0 Å². The van der Waals surface area contributed by atoms with Crippen LogP contribution in [0.25, 0.3) is 0 Å². The van der Waals surface area contributed by atoms with Gasteiger partial charge in [0, 0.05) is 11.8 Å². The molecule has 13 N–H and O–H groups in total. The third kappa shape index (κ3) is 11.8. The molecule has 0 aromatic carbocycles. The maximum atomic E-state index is 14.5. The van der Waals surface area contributed by atoms with Crippen molar-refractivity contribution in [3.8, 4) is 0 Å². The van der Waals surface area contributed by atoms with Gasteiger partial charge in [0.25, 0.3) is 0 Å². The number of cyclic esters (lactones) is 1. The van der Waals surface area contributed by atoms with Crippen LogP contribution in [0.2, 0.25) is 0 Å². The van der Waals surface area contributed by atoms with E-state index in [1.165, 1.54) is 6.92 Å². The molecule has 0 bridgehead atoms. The van der Waals surface area contributed by atoms with Gasteiger partial charge in [0.05, 0.1) is 50.0 Å². The molecule has 3 saturated carbocycles. The van der Waals surface area contributed by atoms with Crippen LogP contribution in [-0.4, -0.2) is 265 Å². The average Bonchev–Trinajstić information content (AvgIpc) is 1.46. The lowest BCUT2D eigenvalue weighted by molar-refractivity contribution is -0.403.